The summed E-state index contributed by atoms with van der Waals surface area (Å²) in [6.45, 7) is 2.63. The molecule has 1 aromatic rings. The molecule has 0 aliphatic carbocycles. The third kappa shape index (κ3) is 4.11. The van der Waals surface area contributed by atoms with E-state index in [-0.39, 0.29) is 29.4 Å². The Morgan fingerprint density at radius 1 is 1.48 bits per heavy atom. The van der Waals surface area contributed by atoms with Crippen LogP contribution in [-0.2, 0) is 14.8 Å². The SMILES string of the molecule is CCOCCN(C)S(=O)(=O)c1cc([N+](=O)[O-])ccc1NN. The lowest BCUT2D eigenvalue weighted by molar-refractivity contribution is -0.385. The van der Waals surface area contributed by atoms with Crippen molar-refractivity contribution in [3.05, 3.63) is 28.3 Å². The zero-order valence-electron chi connectivity index (χ0n) is 11.8. The van der Waals surface area contributed by atoms with Gasteiger partial charge in [0.25, 0.3) is 5.69 Å². The van der Waals surface area contributed by atoms with Crippen LogP contribution in [0.1, 0.15) is 6.92 Å². The number of nitrogen functional groups attached to an aromatic ring is 1. The molecule has 0 fully saturated rings. The summed E-state index contributed by atoms with van der Waals surface area (Å²) in [4.78, 5) is 9.87. The van der Waals surface area contributed by atoms with Crippen molar-refractivity contribution >= 4 is 21.4 Å². The van der Waals surface area contributed by atoms with Gasteiger partial charge in [-0.2, -0.15) is 4.31 Å². The number of nitrogens with one attached hydrogen (secondary N) is 1. The molecule has 3 N–H and O–H groups in total. The van der Waals surface area contributed by atoms with E-state index in [1.54, 1.807) is 6.92 Å². The summed E-state index contributed by atoms with van der Waals surface area (Å²) in [6.07, 6.45) is 0. The van der Waals surface area contributed by atoms with E-state index in [4.69, 9.17) is 10.6 Å². The first-order valence-corrected chi connectivity index (χ1v) is 7.57. The molecule has 1 rings (SSSR count). The zero-order valence-corrected chi connectivity index (χ0v) is 12.6. The number of sulfonamides is 1. The zero-order chi connectivity index (χ0) is 16.0. The fourth-order valence-electron chi connectivity index (χ4n) is 1.58. The van der Waals surface area contributed by atoms with Gasteiger partial charge in [0.2, 0.25) is 10.0 Å². The molecule has 0 heterocycles. The molecule has 0 aromatic heterocycles. The fraction of sp³-hybridized carbons (Fsp3) is 0.455. The van der Waals surface area contributed by atoms with Gasteiger partial charge in [0.1, 0.15) is 4.90 Å². The van der Waals surface area contributed by atoms with Crippen LogP contribution in [0.15, 0.2) is 23.1 Å². The summed E-state index contributed by atoms with van der Waals surface area (Å²) >= 11 is 0. The first kappa shape index (κ1) is 17.3. The van der Waals surface area contributed by atoms with E-state index < -0.39 is 14.9 Å². The van der Waals surface area contributed by atoms with Gasteiger partial charge in [-0.25, -0.2) is 8.42 Å². The van der Waals surface area contributed by atoms with E-state index in [1.165, 1.54) is 19.2 Å². The summed E-state index contributed by atoms with van der Waals surface area (Å²) in [5.74, 6) is 5.27. The average Bonchev–Trinajstić information content (AvgIpc) is 2.46. The summed E-state index contributed by atoms with van der Waals surface area (Å²) in [6, 6.07) is 3.40. The van der Waals surface area contributed by atoms with Gasteiger partial charge in [-0.05, 0) is 13.0 Å². The number of hydrogen-bond donors (Lipinski definition) is 2. The standard InChI is InChI=1S/C11H18N4O5S/c1-3-20-7-6-14(2)21(18,19)11-8-9(15(16)17)4-5-10(11)13-12/h4-5,8,13H,3,6-7,12H2,1-2H3. The molecule has 1 aromatic carbocycles. The van der Waals surface area contributed by atoms with Crippen molar-refractivity contribution < 1.29 is 18.1 Å². The Labute approximate surface area is 122 Å². The highest BCUT2D eigenvalue weighted by molar-refractivity contribution is 7.89. The van der Waals surface area contributed by atoms with Crippen LogP contribution >= 0.6 is 0 Å². The van der Waals surface area contributed by atoms with E-state index >= 15 is 0 Å². The summed E-state index contributed by atoms with van der Waals surface area (Å²) in [7, 11) is -2.54. The first-order chi connectivity index (χ1) is 9.84. The van der Waals surface area contributed by atoms with Crippen LogP contribution in [0.2, 0.25) is 0 Å². The first-order valence-electron chi connectivity index (χ1n) is 6.13. The highest BCUT2D eigenvalue weighted by Gasteiger charge is 2.26. The molecule has 118 valence electrons. The third-order valence-electron chi connectivity index (χ3n) is 2.77. The predicted molar refractivity (Wildman–Crippen MR) is 77.2 cm³/mol. The third-order valence-corrected chi connectivity index (χ3v) is 4.67. The van der Waals surface area contributed by atoms with Crippen molar-refractivity contribution in [2.45, 2.75) is 11.8 Å². The molecule has 0 atom stereocenters. The Balaban J connectivity index is 3.16. The molecule has 0 amide bonds. The summed E-state index contributed by atoms with van der Waals surface area (Å²) < 4.78 is 31.0. The number of likely N-dealkylation sites (N-methyl/N-ethyl adjacent to an activating group) is 1. The molecular weight excluding hydrogens is 300 g/mol. The van der Waals surface area contributed by atoms with Gasteiger partial charge in [0.05, 0.1) is 17.2 Å². The Morgan fingerprint density at radius 2 is 2.14 bits per heavy atom. The Hall–Kier alpha value is -1.75. The molecule has 0 aliphatic rings. The molecule has 21 heavy (non-hydrogen) atoms. The number of nitro benzene ring substituents is 1. The number of ether oxygens (including phenoxy) is 1. The number of nitrogens with two attached hydrogens (primary N) is 1. The maximum absolute atomic E-state index is 12.4. The van der Waals surface area contributed by atoms with Crippen LogP contribution < -0.4 is 11.3 Å². The molecule has 0 unspecified atom stereocenters. The van der Waals surface area contributed by atoms with Gasteiger partial charge in [-0.3, -0.25) is 16.0 Å². The number of rotatable bonds is 8. The normalized spacial score (nSPS) is 11.6. The van der Waals surface area contributed by atoms with E-state index in [1.807, 2.05) is 0 Å². The molecule has 9 nitrogen and oxygen atoms in total. The highest BCUT2D eigenvalue weighted by Crippen LogP contribution is 2.27. The number of nitrogens with zero attached hydrogens (tertiary/aromatic N) is 2. The lowest BCUT2D eigenvalue weighted by Gasteiger charge is -2.18. The average molecular weight is 318 g/mol. The van der Waals surface area contributed by atoms with Gasteiger partial charge in [0, 0.05) is 32.3 Å². The molecule has 0 spiro atoms. The number of non-ortho nitro benzene ring substituents is 1. The molecule has 0 saturated heterocycles. The van der Waals surface area contributed by atoms with Crippen LogP contribution in [0.4, 0.5) is 11.4 Å². The van der Waals surface area contributed by atoms with E-state index in [0.717, 1.165) is 10.4 Å². The van der Waals surface area contributed by atoms with E-state index in [0.29, 0.717) is 6.61 Å². The highest BCUT2D eigenvalue weighted by atomic mass is 32.2. The summed E-state index contributed by atoms with van der Waals surface area (Å²) in [5, 5.41) is 10.8. The summed E-state index contributed by atoms with van der Waals surface area (Å²) in [5.41, 5.74) is 1.99. The largest absolute Gasteiger partial charge is 0.380 e. The maximum atomic E-state index is 12.4. The second-order valence-corrected chi connectivity index (χ2v) is 6.12. The minimum atomic E-state index is -3.91. The minimum absolute atomic E-state index is 0.0869. The second kappa shape index (κ2) is 7.31. The van der Waals surface area contributed by atoms with Gasteiger partial charge >= 0.3 is 0 Å². The fourth-order valence-corrected chi connectivity index (χ4v) is 2.91. The molecule has 0 radical (unpaired) electrons. The molecule has 0 aliphatic heterocycles. The smallest absolute Gasteiger partial charge is 0.270 e. The van der Waals surface area contributed by atoms with Gasteiger partial charge in [-0.1, -0.05) is 0 Å². The quantitative estimate of drug-likeness (QED) is 0.310. The molecule has 10 heteroatoms. The lowest BCUT2D eigenvalue weighted by Crippen LogP contribution is -2.31. The van der Waals surface area contributed by atoms with Gasteiger partial charge in [-0.15, -0.1) is 0 Å². The van der Waals surface area contributed by atoms with Crippen LogP contribution in [-0.4, -0.2) is 44.5 Å². The number of nitro groups is 1. The van der Waals surface area contributed by atoms with Crippen molar-refractivity contribution in [2.75, 3.05) is 32.2 Å². The van der Waals surface area contributed by atoms with Crippen LogP contribution in [0, 0.1) is 10.1 Å². The van der Waals surface area contributed by atoms with Crippen molar-refractivity contribution in [3.8, 4) is 0 Å². The van der Waals surface area contributed by atoms with Crippen molar-refractivity contribution in [3.63, 3.8) is 0 Å². The number of benzene rings is 1. The number of hydrogen-bond acceptors (Lipinski definition) is 7. The van der Waals surface area contributed by atoms with Crippen LogP contribution in [0.3, 0.4) is 0 Å². The Kier molecular flexibility index (Phi) is 6.03. The lowest BCUT2D eigenvalue weighted by atomic mass is 10.3. The Morgan fingerprint density at radius 3 is 2.67 bits per heavy atom. The monoisotopic (exact) mass is 318 g/mol. The molecule has 0 saturated carbocycles. The second-order valence-electron chi connectivity index (χ2n) is 4.11. The van der Waals surface area contributed by atoms with E-state index in [9.17, 15) is 18.5 Å². The number of hydrazine groups is 1. The van der Waals surface area contributed by atoms with Crippen molar-refractivity contribution in [1.29, 1.82) is 0 Å². The van der Waals surface area contributed by atoms with Gasteiger partial charge < -0.3 is 10.2 Å². The van der Waals surface area contributed by atoms with E-state index in [2.05, 4.69) is 5.43 Å². The topological polar surface area (TPSA) is 128 Å². The van der Waals surface area contributed by atoms with Crippen LogP contribution in [0.25, 0.3) is 0 Å². The van der Waals surface area contributed by atoms with Crippen molar-refractivity contribution in [2.24, 2.45) is 5.84 Å². The minimum Gasteiger partial charge on any atom is -0.380 e. The Bertz CT molecular complexity index is 605. The van der Waals surface area contributed by atoms with Gasteiger partial charge in [0.15, 0.2) is 0 Å². The van der Waals surface area contributed by atoms with Crippen LogP contribution in [0.5, 0.6) is 0 Å². The predicted octanol–water partition coefficient (Wildman–Crippen LogP) is 0.537. The van der Waals surface area contributed by atoms with Crippen molar-refractivity contribution in [1.82, 2.24) is 4.31 Å². The number of anilines is 1. The maximum Gasteiger partial charge on any atom is 0.270 e. The molecular formula is C11H18N4O5S. The molecule has 0 bridgehead atoms.